The number of ether oxygens (including phenoxy) is 1. The van der Waals surface area contributed by atoms with E-state index in [1.807, 2.05) is 6.92 Å². The average Bonchev–Trinajstić information content (AvgIpc) is 3.03. The van der Waals surface area contributed by atoms with Gasteiger partial charge in [0.2, 0.25) is 0 Å². The zero-order valence-corrected chi connectivity index (χ0v) is 15.0. The van der Waals surface area contributed by atoms with E-state index in [1.165, 1.54) is 6.07 Å². The third-order valence-electron chi connectivity index (χ3n) is 3.63. The molecule has 0 saturated carbocycles. The van der Waals surface area contributed by atoms with E-state index in [4.69, 9.17) is 33.0 Å². The lowest BCUT2D eigenvalue weighted by Gasteiger charge is -2.12. The van der Waals surface area contributed by atoms with Crippen molar-refractivity contribution >= 4 is 34.5 Å². The van der Waals surface area contributed by atoms with Crippen LogP contribution in [0.25, 0.3) is 0 Å². The van der Waals surface area contributed by atoms with Gasteiger partial charge in [-0.15, -0.1) is 0 Å². The van der Waals surface area contributed by atoms with E-state index < -0.39 is 0 Å². The Kier molecular flexibility index (Phi) is 5.36. The summed E-state index contributed by atoms with van der Waals surface area (Å²) in [5.74, 6) is 0.869. The zero-order valence-electron chi connectivity index (χ0n) is 13.4. The molecule has 0 aliphatic rings. The summed E-state index contributed by atoms with van der Waals surface area (Å²) in [5.41, 5.74) is 2.00. The van der Waals surface area contributed by atoms with Gasteiger partial charge in [-0.1, -0.05) is 42.0 Å². The van der Waals surface area contributed by atoms with Gasteiger partial charge in [0, 0.05) is 17.3 Å². The fourth-order valence-corrected chi connectivity index (χ4v) is 2.78. The number of hydrogen-bond donors (Lipinski definition) is 1. The number of nitrogens with one attached hydrogen (secondary N) is 1. The third-order valence-corrected chi connectivity index (χ3v) is 4.27. The Morgan fingerprint density at radius 2 is 2.04 bits per heavy atom. The molecule has 0 radical (unpaired) electrons. The van der Waals surface area contributed by atoms with Crippen molar-refractivity contribution in [3.8, 4) is 5.75 Å². The SMILES string of the molecule is Cc1occc1C(=S)Nc1ccc(Cl)c(OCc2ccccc2F)c1. The molecule has 0 amide bonds. The van der Waals surface area contributed by atoms with Crippen LogP contribution in [0.4, 0.5) is 10.1 Å². The molecule has 0 unspecified atom stereocenters. The number of benzene rings is 2. The molecule has 2 aromatic carbocycles. The highest BCUT2D eigenvalue weighted by molar-refractivity contribution is 7.81. The standard InChI is InChI=1S/C19H15ClFNO2S/c1-12-15(8-9-23-12)19(25)22-14-6-7-16(20)18(10-14)24-11-13-4-2-3-5-17(13)21/h2-10H,11H2,1H3,(H,22,25). The van der Waals surface area contributed by atoms with Gasteiger partial charge in [0.1, 0.15) is 28.9 Å². The first-order chi connectivity index (χ1) is 12.0. The number of rotatable bonds is 5. The summed E-state index contributed by atoms with van der Waals surface area (Å²) in [4.78, 5) is 0.536. The van der Waals surface area contributed by atoms with Gasteiger partial charge in [0.05, 0.1) is 16.8 Å². The van der Waals surface area contributed by atoms with Gasteiger partial charge in [-0.05, 0) is 31.2 Å². The average molecular weight is 376 g/mol. The van der Waals surface area contributed by atoms with Crippen LogP contribution in [-0.4, -0.2) is 4.99 Å². The molecule has 0 aliphatic carbocycles. The number of thiocarbonyl (C=S) groups is 1. The first-order valence-corrected chi connectivity index (χ1v) is 8.34. The Morgan fingerprint density at radius 3 is 2.76 bits per heavy atom. The molecule has 0 aliphatic heterocycles. The van der Waals surface area contributed by atoms with E-state index >= 15 is 0 Å². The van der Waals surface area contributed by atoms with E-state index in [0.717, 1.165) is 17.0 Å². The molecular formula is C19H15ClFNO2S. The molecule has 3 rings (SSSR count). The van der Waals surface area contributed by atoms with Gasteiger partial charge in [-0.2, -0.15) is 0 Å². The second-order valence-electron chi connectivity index (χ2n) is 5.37. The van der Waals surface area contributed by atoms with E-state index in [1.54, 1.807) is 48.7 Å². The first kappa shape index (κ1) is 17.5. The van der Waals surface area contributed by atoms with Crippen LogP contribution >= 0.6 is 23.8 Å². The maximum atomic E-state index is 13.7. The highest BCUT2D eigenvalue weighted by Crippen LogP contribution is 2.29. The van der Waals surface area contributed by atoms with E-state index in [2.05, 4.69) is 5.32 Å². The number of aryl methyl sites for hydroxylation is 1. The predicted molar refractivity (Wildman–Crippen MR) is 101 cm³/mol. The van der Waals surface area contributed by atoms with Crippen LogP contribution in [-0.2, 0) is 6.61 Å². The van der Waals surface area contributed by atoms with Gasteiger partial charge < -0.3 is 14.5 Å². The Hall–Kier alpha value is -2.37. The van der Waals surface area contributed by atoms with Crippen molar-refractivity contribution in [2.24, 2.45) is 0 Å². The van der Waals surface area contributed by atoms with Crippen molar-refractivity contribution in [2.45, 2.75) is 13.5 Å². The molecule has 25 heavy (non-hydrogen) atoms. The van der Waals surface area contributed by atoms with Crippen LogP contribution < -0.4 is 10.1 Å². The number of hydrogen-bond acceptors (Lipinski definition) is 3. The maximum absolute atomic E-state index is 13.7. The molecule has 0 saturated heterocycles. The topological polar surface area (TPSA) is 34.4 Å². The minimum Gasteiger partial charge on any atom is -0.487 e. The van der Waals surface area contributed by atoms with Crippen LogP contribution in [0.5, 0.6) is 5.75 Å². The molecule has 3 aromatic rings. The van der Waals surface area contributed by atoms with Crippen LogP contribution in [0.3, 0.4) is 0 Å². The van der Waals surface area contributed by atoms with E-state index in [-0.39, 0.29) is 12.4 Å². The molecule has 128 valence electrons. The number of furan rings is 1. The van der Waals surface area contributed by atoms with Crippen molar-refractivity contribution in [1.82, 2.24) is 0 Å². The summed E-state index contributed by atoms with van der Waals surface area (Å²) in [6.07, 6.45) is 1.59. The largest absolute Gasteiger partial charge is 0.487 e. The summed E-state index contributed by atoms with van der Waals surface area (Å²) < 4.78 is 24.6. The molecule has 3 nitrogen and oxygen atoms in total. The van der Waals surface area contributed by atoms with Gasteiger partial charge in [-0.25, -0.2) is 4.39 Å². The van der Waals surface area contributed by atoms with Crippen molar-refractivity contribution in [3.63, 3.8) is 0 Å². The molecule has 0 spiro atoms. The van der Waals surface area contributed by atoms with Gasteiger partial charge in [0.15, 0.2) is 0 Å². The minimum atomic E-state index is -0.315. The van der Waals surface area contributed by atoms with Crippen molar-refractivity contribution in [1.29, 1.82) is 0 Å². The van der Waals surface area contributed by atoms with E-state index in [9.17, 15) is 4.39 Å². The lowest BCUT2D eigenvalue weighted by Crippen LogP contribution is -2.10. The lowest BCUT2D eigenvalue weighted by molar-refractivity contribution is 0.300. The molecule has 1 N–H and O–H groups in total. The van der Waals surface area contributed by atoms with Crippen molar-refractivity contribution in [3.05, 3.63) is 82.5 Å². The minimum absolute atomic E-state index is 0.0845. The number of halogens is 2. The van der Waals surface area contributed by atoms with Crippen LogP contribution in [0.15, 0.2) is 59.2 Å². The summed E-state index contributed by atoms with van der Waals surface area (Å²) in [6, 6.07) is 13.5. The highest BCUT2D eigenvalue weighted by Gasteiger charge is 2.10. The van der Waals surface area contributed by atoms with Gasteiger partial charge >= 0.3 is 0 Å². The molecule has 0 atom stereocenters. The van der Waals surface area contributed by atoms with Crippen LogP contribution in [0.2, 0.25) is 5.02 Å². The molecular weight excluding hydrogens is 361 g/mol. The molecule has 1 aromatic heterocycles. The highest BCUT2D eigenvalue weighted by atomic mass is 35.5. The zero-order chi connectivity index (χ0) is 17.8. The Morgan fingerprint density at radius 1 is 1.24 bits per heavy atom. The third kappa shape index (κ3) is 4.18. The fourth-order valence-electron chi connectivity index (χ4n) is 2.28. The summed E-state index contributed by atoms with van der Waals surface area (Å²) in [6.45, 7) is 1.93. The molecule has 0 bridgehead atoms. The lowest BCUT2D eigenvalue weighted by atomic mass is 10.2. The Bertz CT molecular complexity index is 910. The smallest absolute Gasteiger partial charge is 0.140 e. The van der Waals surface area contributed by atoms with Crippen LogP contribution in [0.1, 0.15) is 16.9 Å². The van der Waals surface area contributed by atoms with Crippen molar-refractivity contribution in [2.75, 3.05) is 5.32 Å². The van der Waals surface area contributed by atoms with Crippen molar-refractivity contribution < 1.29 is 13.5 Å². The second kappa shape index (κ2) is 7.68. The molecule has 0 fully saturated rings. The summed E-state index contributed by atoms with van der Waals surface area (Å²) >= 11 is 11.6. The second-order valence-corrected chi connectivity index (χ2v) is 6.19. The maximum Gasteiger partial charge on any atom is 0.140 e. The Balaban J connectivity index is 1.73. The predicted octanol–water partition coefficient (Wildman–Crippen LogP) is 5.75. The normalized spacial score (nSPS) is 10.5. The quantitative estimate of drug-likeness (QED) is 0.576. The van der Waals surface area contributed by atoms with E-state index in [0.29, 0.717) is 21.3 Å². The summed E-state index contributed by atoms with van der Waals surface area (Å²) in [7, 11) is 0. The number of anilines is 1. The first-order valence-electron chi connectivity index (χ1n) is 7.56. The van der Waals surface area contributed by atoms with Crippen LogP contribution in [0, 0.1) is 12.7 Å². The summed E-state index contributed by atoms with van der Waals surface area (Å²) in [5, 5.41) is 3.56. The molecule has 6 heteroatoms. The fraction of sp³-hybridized carbons (Fsp3) is 0.105. The van der Waals surface area contributed by atoms with Gasteiger partial charge in [-0.3, -0.25) is 0 Å². The van der Waals surface area contributed by atoms with Gasteiger partial charge in [0.25, 0.3) is 0 Å². The Labute approximate surface area is 155 Å². The monoisotopic (exact) mass is 375 g/mol. The molecule has 1 heterocycles.